The van der Waals surface area contributed by atoms with E-state index in [1.165, 1.54) is 0 Å². The first-order valence-electron chi connectivity index (χ1n) is 7.70. The van der Waals surface area contributed by atoms with E-state index in [0.717, 1.165) is 25.8 Å². The van der Waals surface area contributed by atoms with Gasteiger partial charge in [0.25, 0.3) is 5.91 Å². The number of hydrogen-bond acceptors (Lipinski definition) is 4. The highest BCUT2D eigenvalue weighted by Crippen LogP contribution is 2.23. The molecule has 1 fully saturated rings. The molecule has 23 heavy (non-hydrogen) atoms. The number of carbonyl (C=O) groups excluding carboxylic acids is 1. The summed E-state index contributed by atoms with van der Waals surface area (Å²) in [5.41, 5.74) is 0.514. The third kappa shape index (κ3) is 4.72. The zero-order valence-electron chi connectivity index (χ0n) is 12.8. The van der Waals surface area contributed by atoms with Crippen molar-refractivity contribution in [3.8, 4) is 6.07 Å². The lowest BCUT2D eigenvalue weighted by Crippen LogP contribution is -2.37. The molecule has 5 nitrogen and oxygen atoms in total. The van der Waals surface area contributed by atoms with E-state index in [2.05, 4.69) is 5.32 Å². The van der Waals surface area contributed by atoms with Crippen LogP contribution in [-0.2, 0) is 4.79 Å². The molecular formula is C17H20ClN3O2. The maximum atomic E-state index is 12.3. The number of para-hydroxylation sites is 1. The highest BCUT2D eigenvalue weighted by Gasteiger charge is 2.21. The Morgan fingerprint density at radius 1 is 1.48 bits per heavy atom. The summed E-state index contributed by atoms with van der Waals surface area (Å²) in [5.74, 6) is -0.478. The summed E-state index contributed by atoms with van der Waals surface area (Å²) in [7, 11) is 0. The minimum Gasteiger partial charge on any atom is -0.396 e. The van der Waals surface area contributed by atoms with E-state index >= 15 is 0 Å². The monoisotopic (exact) mass is 333 g/mol. The molecule has 1 amide bonds. The molecule has 0 bridgehead atoms. The largest absolute Gasteiger partial charge is 0.396 e. The van der Waals surface area contributed by atoms with Crippen LogP contribution in [0.1, 0.15) is 25.7 Å². The standard InChI is InChI=1S/C17H20ClN3O2/c18-15-6-1-2-7-16(15)20-17(23)13(11-19)12-21-9-4-3-5-14(21)8-10-22/h1-2,6-7,12,14,22H,3-5,8-10H2,(H,20,23)/b13-12-. The van der Waals surface area contributed by atoms with Crippen molar-refractivity contribution in [2.45, 2.75) is 31.7 Å². The fraction of sp³-hybridized carbons (Fsp3) is 0.412. The van der Waals surface area contributed by atoms with Crippen molar-refractivity contribution in [2.24, 2.45) is 0 Å². The molecule has 1 saturated heterocycles. The van der Waals surface area contributed by atoms with Crippen molar-refractivity contribution in [2.75, 3.05) is 18.5 Å². The van der Waals surface area contributed by atoms with Gasteiger partial charge in [0, 0.05) is 25.4 Å². The predicted octanol–water partition coefficient (Wildman–Crippen LogP) is 2.92. The van der Waals surface area contributed by atoms with Gasteiger partial charge in [-0.3, -0.25) is 4.79 Å². The Morgan fingerprint density at radius 2 is 2.26 bits per heavy atom. The molecule has 1 atom stereocenters. The number of amides is 1. The SMILES string of the molecule is N#C/C(=C/N1CCCCC1CCO)C(=O)Nc1ccccc1Cl. The Bertz CT molecular complexity index is 623. The average molecular weight is 334 g/mol. The number of aliphatic hydroxyl groups is 1. The summed E-state index contributed by atoms with van der Waals surface area (Å²) in [6.45, 7) is 0.887. The van der Waals surface area contributed by atoms with Gasteiger partial charge in [-0.1, -0.05) is 23.7 Å². The smallest absolute Gasteiger partial charge is 0.267 e. The highest BCUT2D eigenvalue weighted by molar-refractivity contribution is 6.33. The molecule has 1 aliphatic heterocycles. The molecule has 2 rings (SSSR count). The Hall–Kier alpha value is -2.03. The number of anilines is 1. The molecule has 1 heterocycles. The van der Waals surface area contributed by atoms with Crippen LogP contribution in [0.4, 0.5) is 5.69 Å². The molecule has 0 spiro atoms. The van der Waals surface area contributed by atoms with E-state index in [0.29, 0.717) is 17.1 Å². The molecule has 0 saturated carbocycles. The number of piperidine rings is 1. The number of likely N-dealkylation sites (tertiary alicyclic amines) is 1. The first-order chi connectivity index (χ1) is 11.2. The molecule has 1 unspecified atom stereocenters. The molecule has 122 valence electrons. The van der Waals surface area contributed by atoms with E-state index in [1.54, 1.807) is 30.5 Å². The second kappa shape index (κ2) is 8.56. The molecule has 1 aliphatic rings. The molecule has 2 N–H and O–H groups in total. The van der Waals surface area contributed by atoms with Gasteiger partial charge >= 0.3 is 0 Å². The van der Waals surface area contributed by atoms with Crippen molar-refractivity contribution in [1.29, 1.82) is 5.26 Å². The quantitative estimate of drug-likeness (QED) is 0.641. The van der Waals surface area contributed by atoms with E-state index < -0.39 is 5.91 Å². The molecule has 6 heteroatoms. The lowest BCUT2D eigenvalue weighted by atomic mass is 10.00. The number of benzene rings is 1. The van der Waals surface area contributed by atoms with Crippen LogP contribution in [0.3, 0.4) is 0 Å². The Balaban J connectivity index is 2.12. The zero-order valence-corrected chi connectivity index (χ0v) is 13.6. The Kier molecular flexibility index (Phi) is 6.45. The number of halogens is 1. The Morgan fingerprint density at radius 3 is 2.96 bits per heavy atom. The van der Waals surface area contributed by atoms with Crippen molar-refractivity contribution < 1.29 is 9.90 Å². The summed E-state index contributed by atoms with van der Waals surface area (Å²) in [6.07, 6.45) is 5.32. The van der Waals surface area contributed by atoms with Gasteiger partial charge in [-0.15, -0.1) is 0 Å². The number of nitrogens with one attached hydrogen (secondary N) is 1. The second-order valence-electron chi connectivity index (χ2n) is 5.49. The van der Waals surface area contributed by atoms with Gasteiger partial charge < -0.3 is 15.3 Å². The lowest BCUT2D eigenvalue weighted by molar-refractivity contribution is -0.112. The summed E-state index contributed by atoms with van der Waals surface area (Å²) in [5, 5.41) is 21.5. The van der Waals surface area contributed by atoms with Crippen molar-refractivity contribution in [1.82, 2.24) is 4.90 Å². The third-order valence-corrected chi connectivity index (χ3v) is 4.25. The fourth-order valence-corrected chi connectivity index (χ4v) is 2.89. The van der Waals surface area contributed by atoms with Gasteiger partial charge in [0.2, 0.25) is 0 Å². The van der Waals surface area contributed by atoms with Crippen molar-refractivity contribution >= 4 is 23.2 Å². The third-order valence-electron chi connectivity index (χ3n) is 3.92. The summed E-state index contributed by atoms with van der Waals surface area (Å²) in [6, 6.07) is 9.02. The number of hydrogen-bond donors (Lipinski definition) is 2. The van der Waals surface area contributed by atoms with Crippen LogP contribution in [0.2, 0.25) is 5.02 Å². The van der Waals surface area contributed by atoms with E-state index in [4.69, 9.17) is 16.7 Å². The molecule has 0 aromatic heterocycles. The Labute approximate surface area is 141 Å². The normalized spacial score (nSPS) is 18.4. The molecule has 0 aliphatic carbocycles. The van der Waals surface area contributed by atoms with Gasteiger partial charge in [0.05, 0.1) is 10.7 Å². The van der Waals surface area contributed by atoms with E-state index in [1.807, 2.05) is 11.0 Å². The summed E-state index contributed by atoms with van der Waals surface area (Å²) >= 11 is 6.02. The lowest BCUT2D eigenvalue weighted by Gasteiger charge is -2.34. The predicted molar refractivity (Wildman–Crippen MR) is 89.8 cm³/mol. The maximum absolute atomic E-state index is 12.3. The van der Waals surface area contributed by atoms with Gasteiger partial charge in [0.15, 0.2) is 0 Å². The number of aliphatic hydroxyl groups excluding tert-OH is 1. The van der Waals surface area contributed by atoms with Gasteiger partial charge in [-0.25, -0.2) is 0 Å². The fourth-order valence-electron chi connectivity index (χ4n) is 2.71. The number of carbonyl (C=O) groups is 1. The van der Waals surface area contributed by atoms with Crippen LogP contribution in [-0.4, -0.2) is 35.1 Å². The van der Waals surface area contributed by atoms with Crippen LogP contribution in [0.5, 0.6) is 0 Å². The molecule has 1 aromatic carbocycles. The van der Waals surface area contributed by atoms with E-state index in [9.17, 15) is 10.1 Å². The van der Waals surface area contributed by atoms with Gasteiger partial charge in [-0.2, -0.15) is 5.26 Å². The average Bonchev–Trinajstić information content (AvgIpc) is 2.56. The van der Waals surface area contributed by atoms with Gasteiger partial charge in [0.1, 0.15) is 11.6 Å². The first-order valence-corrected chi connectivity index (χ1v) is 8.08. The van der Waals surface area contributed by atoms with Crippen LogP contribution < -0.4 is 5.32 Å². The minimum atomic E-state index is -0.478. The van der Waals surface area contributed by atoms with Gasteiger partial charge in [-0.05, 0) is 37.8 Å². The molecular weight excluding hydrogens is 314 g/mol. The van der Waals surface area contributed by atoms with Crippen LogP contribution in [0, 0.1) is 11.3 Å². The number of nitrogens with zero attached hydrogens (tertiary/aromatic N) is 2. The summed E-state index contributed by atoms with van der Waals surface area (Å²) < 4.78 is 0. The zero-order chi connectivity index (χ0) is 16.7. The second-order valence-corrected chi connectivity index (χ2v) is 5.90. The minimum absolute atomic E-state index is 0.0368. The first kappa shape index (κ1) is 17.3. The van der Waals surface area contributed by atoms with Crippen LogP contribution >= 0.6 is 11.6 Å². The topological polar surface area (TPSA) is 76.4 Å². The molecule has 1 aromatic rings. The van der Waals surface area contributed by atoms with Crippen LogP contribution in [0.15, 0.2) is 36.0 Å². The summed E-state index contributed by atoms with van der Waals surface area (Å²) in [4.78, 5) is 14.3. The van der Waals surface area contributed by atoms with Crippen molar-refractivity contribution in [3.05, 3.63) is 41.1 Å². The van der Waals surface area contributed by atoms with Crippen molar-refractivity contribution in [3.63, 3.8) is 0 Å². The highest BCUT2D eigenvalue weighted by atomic mass is 35.5. The van der Waals surface area contributed by atoms with E-state index in [-0.39, 0.29) is 18.2 Å². The van der Waals surface area contributed by atoms with Crippen LogP contribution in [0.25, 0.3) is 0 Å². The molecule has 0 radical (unpaired) electrons. The number of nitriles is 1. The maximum Gasteiger partial charge on any atom is 0.267 e. The number of rotatable bonds is 5.